The molecule has 0 radical (unpaired) electrons. The first-order valence-electron chi connectivity index (χ1n) is 7.62. The highest BCUT2D eigenvalue weighted by Gasteiger charge is 2.11. The van der Waals surface area contributed by atoms with Crippen molar-refractivity contribution >= 4 is 40.4 Å². The fourth-order valence-electron chi connectivity index (χ4n) is 2.46. The number of benzene rings is 1. The number of nitrogens with one attached hydrogen (secondary N) is 3. The average Bonchev–Trinajstić information content (AvgIpc) is 3.02. The third-order valence-electron chi connectivity index (χ3n) is 3.69. The van der Waals surface area contributed by atoms with Gasteiger partial charge in [0.05, 0.1) is 0 Å². The molecule has 2 aromatic heterocycles. The van der Waals surface area contributed by atoms with Crippen LogP contribution in [0.15, 0.2) is 48.7 Å². The van der Waals surface area contributed by atoms with Crippen LogP contribution in [0.25, 0.3) is 22.7 Å². The highest BCUT2D eigenvalue weighted by atomic mass is 16.2. The zero-order chi connectivity index (χ0) is 17.8. The van der Waals surface area contributed by atoms with E-state index in [1.807, 2.05) is 36.4 Å². The number of rotatable bonds is 4. The van der Waals surface area contributed by atoms with Crippen molar-refractivity contribution in [3.05, 3.63) is 59.8 Å². The minimum absolute atomic E-state index is 0.349. The van der Waals surface area contributed by atoms with Crippen molar-refractivity contribution in [2.75, 3.05) is 12.4 Å². The molecule has 126 valence electrons. The molecule has 0 bridgehead atoms. The molecule has 1 aromatic carbocycles. The molecular weight excluding hydrogens is 318 g/mol. The van der Waals surface area contributed by atoms with E-state index in [-0.39, 0.29) is 6.03 Å². The van der Waals surface area contributed by atoms with Gasteiger partial charge in [0, 0.05) is 29.8 Å². The Labute approximate surface area is 143 Å². The molecule has 0 aliphatic heterocycles. The molecule has 5 N–H and O–H groups in total. The Morgan fingerprint density at radius 3 is 2.60 bits per heavy atom. The maximum atomic E-state index is 11.8. The number of primary amides is 1. The van der Waals surface area contributed by atoms with E-state index in [9.17, 15) is 9.59 Å². The van der Waals surface area contributed by atoms with Crippen molar-refractivity contribution in [3.8, 4) is 0 Å². The van der Waals surface area contributed by atoms with Crippen molar-refractivity contribution in [2.24, 2.45) is 5.73 Å². The van der Waals surface area contributed by atoms with Crippen molar-refractivity contribution in [1.29, 1.82) is 0 Å². The normalized spacial score (nSPS) is 11.3. The van der Waals surface area contributed by atoms with Crippen LogP contribution in [0.3, 0.4) is 0 Å². The topological polar surface area (TPSA) is 113 Å². The molecule has 3 amide bonds. The van der Waals surface area contributed by atoms with E-state index < -0.39 is 5.91 Å². The Kier molecular flexibility index (Phi) is 4.47. The lowest BCUT2D eigenvalue weighted by atomic mass is 10.0. The Balaban J connectivity index is 2.01. The van der Waals surface area contributed by atoms with Crippen molar-refractivity contribution < 1.29 is 9.59 Å². The van der Waals surface area contributed by atoms with Gasteiger partial charge in [-0.1, -0.05) is 30.3 Å². The van der Waals surface area contributed by atoms with Crippen LogP contribution in [0.5, 0.6) is 0 Å². The summed E-state index contributed by atoms with van der Waals surface area (Å²) in [6, 6.07) is 12.4. The third-order valence-corrected chi connectivity index (χ3v) is 3.69. The van der Waals surface area contributed by atoms with E-state index in [0.717, 1.165) is 16.5 Å². The van der Waals surface area contributed by atoms with E-state index in [2.05, 4.69) is 20.6 Å². The van der Waals surface area contributed by atoms with Crippen molar-refractivity contribution in [2.45, 2.75) is 0 Å². The lowest BCUT2D eigenvalue weighted by molar-refractivity contribution is -0.112. The molecule has 0 aliphatic carbocycles. The van der Waals surface area contributed by atoms with Gasteiger partial charge in [-0.25, -0.2) is 9.78 Å². The first kappa shape index (κ1) is 16.3. The number of urea groups is 1. The zero-order valence-corrected chi connectivity index (χ0v) is 13.5. The van der Waals surface area contributed by atoms with Crippen LogP contribution in [-0.2, 0) is 4.79 Å². The number of carbonyl (C=O) groups excluding carboxylic acids is 2. The van der Waals surface area contributed by atoms with E-state index >= 15 is 0 Å². The molecule has 0 saturated heterocycles. The summed E-state index contributed by atoms with van der Waals surface area (Å²) in [5, 5.41) is 5.89. The second-order valence-electron chi connectivity index (χ2n) is 5.33. The number of nitrogens with two attached hydrogens (primary N) is 1. The molecule has 0 spiro atoms. The number of fused-ring (bicyclic) bond motifs is 1. The first-order valence-corrected chi connectivity index (χ1v) is 7.62. The molecule has 2 heterocycles. The summed E-state index contributed by atoms with van der Waals surface area (Å²) in [5.74, 6) is -0.0890. The van der Waals surface area contributed by atoms with Crippen molar-refractivity contribution in [3.63, 3.8) is 0 Å². The molecule has 0 aliphatic rings. The van der Waals surface area contributed by atoms with Crippen LogP contribution in [-0.4, -0.2) is 29.0 Å². The summed E-state index contributed by atoms with van der Waals surface area (Å²) in [7, 11) is 1.53. The largest absolute Gasteiger partial charge is 0.366 e. The summed E-state index contributed by atoms with van der Waals surface area (Å²) < 4.78 is 0. The number of aromatic nitrogens is 2. The van der Waals surface area contributed by atoms with Gasteiger partial charge in [-0.05, 0) is 23.8 Å². The van der Waals surface area contributed by atoms with Crippen LogP contribution < -0.4 is 16.4 Å². The average molecular weight is 335 g/mol. The third kappa shape index (κ3) is 3.50. The Morgan fingerprint density at radius 2 is 1.92 bits per heavy atom. The maximum Gasteiger partial charge on any atom is 0.320 e. The second kappa shape index (κ2) is 6.88. The molecular formula is C18H17N5O2. The van der Waals surface area contributed by atoms with E-state index in [4.69, 9.17) is 5.73 Å². The number of amides is 3. The smallest absolute Gasteiger partial charge is 0.320 e. The Morgan fingerprint density at radius 1 is 1.16 bits per heavy atom. The molecule has 3 aromatic rings. The van der Waals surface area contributed by atoms with Crippen LogP contribution in [0, 0.1) is 0 Å². The number of pyridine rings is 1. The number of carbonyl (C=O) groups is 2. The number of hydrogen-bond donors (Lipinski definition) is 4. The number of aromatic amines is 1. The number of nitrogens with zero attached hydrogens (tertiary/aromatic N) is 1. The van der Waals surface area contributed by atoms with Gasteiger partial charge in [-0.3, -0.25) is 10.1 Å². The molecule has 0 unspecified atom stereocenters. The van der Waals surface area contributed by atoms with Gasteiger partial charge < -0.3 is 16.0 Å². The predicted molar refractivity (Wildman–Crippen MR) is 97.7 cm³/mol. The molecule has 0 fully saturated rings. The molecule has 3 rings (SSSR count). The first-order chi connectivity index (χ1) is 12.1. The van der Waals surface area contributed by atoms with Gasteiger partial charge >= 0.3 is 6.03 Å². The van der Waals surface area contributed by atoms with E-state index in [1.54, 1.807) is 18.3 Å². The highest BCUT2D eigenvalue weighted by molar-refractivity contribution is 6.24. The summed E-state index contributed by atoms with van der Waals surface area (Å²) >= 11 is 0. The van der Waals surface area contributed by atoms with Gasteiger partial charge in [0.25, 0.3) is 0 Å². The predicted octanol–water partition coefficient (Wildman–Crippen LogP) is 2.34. The zero-order valence-electron chi connectivity index (χ0n) is 13.5. The monoisotopic (exact) mass is 335 g/mol. The molecule has 0 atom stereocenters. The number of H-pyrrole nitrogens is 1. The van der Waals surface area contributed by atoms with E-state index in [0.29, 0.717) is 17.0 Å². The minimum atomic E-state index is -0.508. The molecule has 7 heteroatoms. The highest BCUT2D eigenvalue weighted by Crippen LogP contribution is 2.24. The summed E-state index contributed by atoms with van der Waals surface area (Å²) in [6.45, 7) is 0. The standard InChI is InChI=1S/C18H17N5O2/c1-20-18(25)23-15-8-7-13-12(10-21-17(13)22-15)9-14(16(19)24)11-5-3-2-4-6-11/h2-10H,1H3,(H2,19,24)(H3,20,21,22,23,25). The summed E-state index contributed by atoms with van der Waals surface area (Å²) in [6.07, 6.45) is 3.47. The van der Waals surface area contributed by atoms with Crippen LogP contribution in [0.2, 0.25) is 0 Å². The fraction of sp³-hybridized carbons (Fsp3) is 0.0556. The van der Waals surface area contributed by atoms with Crippen LogP contribution in [0.1, 0.15) is 11.1 Å². The molecule has 25 heavy (non-hydrogen) atoms. The lowest BCUT2D eigenvalue weighted by Gasteiger charge is -2.04. The van der Waals surface area contributed by atoms with Gasteiger partial charge in [0.1, 0.15) is 11.5 Å². The number of hydrogen-bond acceptors (Lipinski definition) is 3. The van der Waals surface area contributed by atoms with Gasteiger partial charge in [-0.2, -0.15) is 0 Å². The summed E-state index contributed by atoms with van der Waals surface area (Å²) in [4.78, 5) is 30.6. The Hall–Kier alpha value is -3.61. The van der Waals surface area contributed by atoms with E-state index in [1.165, 1.54) is 7.05 Å². The van der Waals surface area contributed by atoms with Crippen LogP contribution >= 0.6 is 0 Å². The molecule has 7 nitrogen and oxygen atoms in total. The molecule has 0 saturated carbocycles. The fourth-order valence-corrected chi connectivity index (χ4v) is 2.46. The van der Waals surface area contributed by atoms with Crippen molar-refractivity contribution in [1.82, 2.24) is 15.3 Å². The lowest BCUT2D eigenvalue weighted by Crippen LogP contribution is -2.24. The quantitative estimate of drug-likeness (QED) is 0.549. The number of anilines is 1. The summed E-state index contributed by atoms with van der Waals surface area (Å²) in [5.41, 5.74) is 8.07. The van der Waals surface area contributed by atoms with Gasteiger partial charge in [0.15, 0.2) is 0 Å². The Bertz CT molecular complexity index is 960. The maximum absolute atomic E-state index is 11.8. The van der Waals surface area contributed by atoms with Crippen LogP contribution in [0.4, 0.5) is 10.6 Å². The van der Waals surface area contributed by atoms with Gasteiger partial charge in [-0.15, -0.1) is 0 Å². The SMILES string of the molecule is CNC(=O)Nc1ccc2c(C=C(C(N)=O)c3ccccc3)c[nH]c2n1. The van der Waals surface area contributed by atoms with Gasteiger partial charge in [0.2, 0.25) is 5.91 Å². The second-order valence-corrected chi connectivity index (χ2v) is 5.33. The minimum Gasteiger partial charge on any atom is -0.366 e.